The van der Waals surface area contributed by atoms with Crippen LogP contribution in [0.4, 0.5) is 0 Å². The van der Waals surface area contributed by atoms with Crippen molar-refractivity contribution in [1.29, 1.82) is 0 Å². The number of benzene rings is 10. The number of fused-ring (bicyclic) bond motifs is 5. The fourth-order valence-corrected chi connectivity index (χ4v) is 13.5. The topological polar surface area (TPSA) is 19.4 Å². The standard InChI is InChI=1S/3C19H20N.C18H18N.C17H16N/c3*1-13-9-14(2)15(3)18(10-13)19-11-16-7-5-6-8-17(16)12-20(19)4;1-13-8-9-17(14(2)10-13)18-11-15-6-4-5-7-16(15)12-19(18)3;1-13-7-3-5-9-15(13)17-12-11-14-8-4-6-10-16(14)18(17)2/h3*5-12H,1-4H3;4-12H,1-3H3;3-12H,1-2H3/q5*+1/i2D3;;;;. The van der Waals surface area contributed by atoms with Gasteiger partial charge in [-0.15, -0.1) is 0 Å². The third kappa shape index (κ3) is 15.2. The van der Waals surface area contributed by atoms with Crippen LogP contribution >= 0.6 is 0 Å². The highest BCUT2D eigenvalue weighted by Crippen LogP contribution is 2.32. The number of rotatable bonds is 5. The molecule has 482 valence electrons. The van der Waals surface area contributed by atoms with Crippen molar-refractivity contribution in [2.45, 2.75) is 83.0 Å². The van der Waals surface area contributed by atoms with E-state index in [1.807, 2.05) is 33.0 Å². The van der Waals surface area contributed by atoms with E-state index in [0.29, 0.717) is 5.56 Å². The zero-order chi connectivity index (χ0) is 71.3. The van der Waals surface area contributed by atoms with Gasteiger partial charge in [0, 0.05) is 95.3 Å². The minimum absolute atomic E-state index is 0.431. The van der Waals surface area contributed by atoms with Gasteiger partial charge in [0.2, 0.25) is 34.0 Å². The van der Waals surface area contributed by atoms with Gasteiger partial charge >= 0.3 is 0 Å². The Labute approximate surface area is 580 Å². The Bertz CT molecular complexity index is 5430. The normalized spacial score (nSPS) is 11.5. The molecular formula is C92H94N5+5. The molecule has 0 radical (unpaired) electrons. The van der Waals surface area contributed by atoms with Crippen LogP contribution in [0.25, 0.3) is 110 Å². The predicted octanol–water partition coefficient (Wildman–Crippen LogP) is 20.4. The highest BCUT2D eigenvalue weighted by molar-refractivity contribution is 5.88. The first-order valence-corrected chi connectivity index (χ1v) is 33.7. The second kappa shape index (κ2) is 29.5. The van der Waals surface area contributed by atoms with Crippen LogP contribution in [0.2, 0.25) is 0 Å². The SMILES string of the molecule is Cc1cc(C)c(C)c(-c2cc3ccccc3c[n+]2C)c1.Cc1cc(C)c(C)c(-c2cc3ccccc3c[n+]2C)c1.Cc1ccc(-c2cc3ccccc3c[n+]2C)c(C)c1.Cc1ccccc1-c1ccc2ccccc2[n+]1C.[2H]C([2H])([2H])c1cc(C)cc(-c2cc3ccccc3c[n+]2C)c1C. The Hall–Kier alpha value is -10.8. The fraction of sp³-hybridized carbons (Fsp3) is 0.185. The number of nitrogens with zero attached hydrogens (tertiary/aromatic N) is 5. The number of aryl methyl sites for hydroxylation is 14. The number of pyridine rings is 5. The van der Waals surface area contributed by atoms with E-state index in [2.05, 4.69) is 357 Å². The van der Waals surface area contributed by atoms with Gasteiger partial charge in [-0.2, -0.15) is 4.57 Å². The van der Waals surface area contributed by atoms with E-state index in [4.69, 9.17) is 4.11 Å². The minimum atomic E-state index is -2.10. The first-order chi connectivity index (χ1) is 47.8. The lowest BCUT2D eigenvalue weighted by Crippen LogP contribution is -2.32. The van der Waals surface area contributed by atoms with E-state index in [1.54, 1.807) is 6.07 Å². The number of aromatic nitrogens is 5. The molecular weight excluding hydrogens is 1180 g/mol. The molecule has 0 fully saturated rings. The van der Waals surface area contributed by atoms with E-state index >= 15 is 0 Å². The number of hydrogen-bond donors (Lipinski definition) is 0. The Morgan fingerprint density at radius 3 is 0.938 bits per heavy atom. The Morgan fingerprint density at radius 2 is 0.546 bits per heavy atom. The Morgan fingerprint density at radius 1 is 0.227 bits per heavy atom. The van der Waals surface area contributed by atoms with E-state index in [1.165, 1.54) is 144 Å². The third-order valence-electron chi connectivity index (χ3n) is 19.2. The molecule has 5 aromatic heterocycles. The molecule has 5 heteroatoms. The van der Waals surface area contributed by atoms with Crippen molar-refractivity contribution in [3.63, 3.8) is 0 Å². The number of para-hydroxylation sites is 1. The summed E-state index contributed by atoms with van der Waals surface area (Å²) in [6, 6.07) is 83.6. The van der Waals surface area contributed by atoms with E-state index < -0.39 is 6.85 Å². The summed E-state index contributed by atoms with van der Waals surface area (Å²) in [5.41, 5.74) is 27.8. The van der Waals surface area contributed by atoms with Crippen LogP contribution in [-0.4, -0.2) is 0 Å². The molecule has 97 heavy (non-hydrogen) atoms. The molecule has 5 heterocycles. The number of hydrogen-bond acceptors (Lipinski definition) is 0. The molecule has 0 aliphatic carbocycles. The predicted molar refractivity (Wildman–Crippen MR) is 410 cm³/mol. The zero-order valence-electron chi connectivity index (χ0n) is 62.6. The summed E-state index contributed by atoms with van der Waals surface area (Å²) in [4.78, 5) is 0. The van der Waals surface area contributed by atoms with Crippen molar-refractivity contribution >= 4 is 54.0 Å². The maximum atomic E-state index is 7.78. The van der Waals surface area contributed by atoms with Gasteiger partial charge in [0.25, 0.3) is 0 Å². The molecule has 0 aliphatic rings. The molecule has 0 N–H and O–H groups in total. The van der Waals surface area contributed by atoms with E-state index in [9.17, 15) is 0 Å². The highest BCUT2D eigenvalue weighted by Gasteiger charge is 2.20. The molecule has 15 rings (SSSR count). The molecule has 0 atom stereocenters. The summed E-state index contributed by atoms with van der Waals surface area (Å²) in [6.07, 6.45) is 8.70. The largest absolute Gasteiger partial charge is 0.213 e. The van der Waals surface area contributed by atoms with E-state index in [0.717, 1.165) is 27.8 Å². The molecule has 0 unspecified atom stereocenters. The lowest BCUT2D eigenvalue weighted by atomic mass is 9.96. The van der Waals surface area contributed by atoms with E-state index in [-0.39, 0.29) is 0 Å². The van der Waals surface area contributed by atoms with Crippen molar-refractivity contribution in [1.82, 2.24) is 0 Å². The fourth-order valence-electron chi connectivity index (χ4n) is 13.5. The third-order valence-corrected chi connectivity index (χ3v) is 19.2. The molecule has 15 aromatic rings. The highest BCUT2D eigenvalue weighted by atomic mass is 14.9. The van der Waals surface area contributed by atoms with Crippen LogP contribution in [0.15, 0.2) is 261 Å². The summed E-state index contributed by atoms with van der Waals surface area (Å²) < 4.78 is 34.3. The summed E-state index contributed by atoms with van der Waals surface area (Å²) in [6.45, 7) is 21.3. The summed E-state index contributed by atoms with van der Waals surface area (Å²) in [5.74, 6) is 0. The molecule has 0 spiro atoms. The smallest absolute Gasteiger partial charge is 0.200 e. The second-order valence-corrected chi connectivity index (χ2v) is 26.6. The summed E-state index contributed by atoms with van der Waals surface area (Å²) in [5, 5.41) is 11.3. The molecule has 0 bridgehead atoms. The first kappa shape index (κ1) is 63.6. The first-order valence-electron chi connectivity index (χ1n) is 35.2. The lowest BCUT2D eigenvalue weighted by Gasteiger charge is -2.10. The van der Waals surface area contributed by atoms with Crippen LogP contribution in [0, 0.1) is 83.0 Å². The van der Waals surface area contributed by atoms with Crippen LogP contribution < -0.4 is 22.8 Å². The average molecular weight is 1270 g/mol. The van der Waals surface area contributed by atoms with Crippen molar-refractivity contribution in [3.05, 3.63) is 328 Å². The molecule has 0 aliphatic heterocycles. The second-order valence-electron chi connectivity index (χ2n) is 26.6. The molecule has 0 saturated carbocycles. The van der Waals surface area contributed by atoms with Gasteiger partial charge < -0.3 is 0 Å². The minimum Gasteiger partial charge on any atom is -0.200 e. The molecule has 10 aromatic carbocycles. The summed E-state index contributed by atoms with van der Waals surface area (Å²) in [7, 11) is 10.5. The van der Waals surface area contributed by atoms with Crippen LogP contribution in [-0.2, 0) is 35.2 Å². The van der Waals surface area contributed by atoms with Gasteiger partial charge in [-0.3, -0.25) is 0 Å². The van der Waals surface area contributed by atoms with Crippen molar-refractivity contribution in [3.8, 4) is 56.3 Å². The molecule has 0 saturated heterocycles. The van der Waals surface area contributed by atoms with Crippen LogP contribution in [0.5, 0.6) is 0 Å². The maximum absolute atomic E-state index is 7.78. The van der Waals surface area contributed by atoms with Gasteiger partial charge in [0.15, 0.2) is 24.8 Å². The average Bonchev–Trinajstić information content (AvgIpc) is 0.860. The van der Waals surface area contributed by atoms with Gasteiger partial charge in [-0.25, -0.2) is 18.3 Å². The van der Waals surface area contributed by atoms with Gasteiger partial charge in [0.1, 0.15) is 35.2 Å². The van der Waals surface area contributed by atoms with Gasteiger partial charge in [0.05, 0.1) is 0 Å². The van der Waals surface area contributed by atoms with Crippen molar-refractivity contribution in [2.75, 3.05) is 0 Å². The van der Waals surface area contributed by atoms with Crippen molar-refractivity contribution in [2.24, 2.45) is 35.2 Å². The quantitative estimate of drug-likeness (QED) is 0.153. The zero-order valence-corrected chi connectivity index (χ0v) is 59.6. The van der Waals surface area contributed by atoms with Crippen LogP contribution in [0.3, 0.4) is 0 Å². The lowest BCUT2D eigenvalue weighted by molar-refractivity contribution is -0.659. The Balaban J connectivity index is 0.000000126. The monoisotopic (exact) mass is 1270 g/mol. The van der Waals surface area contributed by atoms with Gasteiger partial charge in [-0.05, 0) is 216 Å². The van der Waals surface area contributed by atoms with Crippen molar-refractivity contribution < 1.29 is 26.9 Å². The summed E-state index contributed by atoms with van der Waals surface area (Å²) >= 11 is 0. The van der Waals surface area contributed by atoms with Gasteiger partial charge in [-0.1, -0.05) is 156 Å². The maximum Gasteiger partial charge on any atom is 0.213 e. The van der Waals surface area contributed by atoms with Crippen LogP contribution in [0.1, 0.15) is 70.9 Å². The molecule has 0 amide bonds. The molecule has 5 nitrogen and oxygen atoms in total. The Kier molecular flexibility index (Phi) is 19.3.